The summed E-state index contributed by atoms with van der Waals surface area (Å²) in [5.41, 5.74) is 0. The van der Waals surface area contributed by atoms with Crippen molar-refractivity contribution in [2.45, 2.75) is 77.9 Å². The fourth-order valence-corrected chi connectivity index (χ4v) is 3.25. The summed E-state index contributed by atoms with van der Waals surface area (Å²) in [5, 5.41) is 3.52. The first-order chi connectivity index (χ1) is 8.72. The maximum absolute atomic E-state index is 6.12. The Morgan fingerprint density at radius 2 is 1.83 bits per heavy atom. The van der Waals surface area contributed by atoms with Crippen LogP contribution in [0.3, 0.4) is 0 Å². The summed E-state index contributed by atoms with van der Waals surface area (Å²) in [6.07, 6.45) is 9.88. The Labute approximate surface area is 114 Å². The number of hydrogen-bond donors (Lipinski definition) is 1. The number of ether oxygens (including phenoxy) is 1. The van der Waals surface area contributed by atoms with Crippen LogP contribution in [0, 0.1) is 11.8 Å². The van der Waals surface area contributed by atoms with E-state index in [0.717, 1.165) is 18.4 Å². The van der Waals surface area contributed by atoms with Gasteiger partial charge in [-0.05, 0) is 45.1 Å². The Bertz CT molecular complexity index is 201. The van der Waals surface area contributed by atoms with E-state index in [1.54, 1.807) is 0 Å². The van der Waals surface area contributed by atoms with Gasteiger partial charge in [0.2, 0.25) is 0 Å². The van der Waals surface area contributed by atoms with Crippen LogP contribution >= 0.6 is 0 Å². The van der Waals surface area contributed by atoms with Crippen LogP contribution in [0.2, 0.25) is 0 Å². The third-order valence-electron chi connectivity index (χ3n) is 4.59. The third-order valence-corrected chi connectivity index (χ3v) is 4.59. The lowest BCUT2D eigenvalue weighted by Gasteiger charge is -2.36. The average molecular weight is 255 g/mol. The van der Waals surface area contributed by atoms with Crippen molar-refractivity contribution in [3.05, 3.63) is 0 Å². The van der Waals surface area contributed by atoms with Crippen molar-refractivity contribution in [3.8, 4) is 0 Å². The maximum atomic E-state index is 6.12. The molecule has 0 heterocycles. The van der Waals surface area contributed by atoms with E-state index in [0.29, 0.717) is 12.1 Å². The molecule has 18 heavy (non-hydrogen) atoms. The summed E-state index contributed by atoms with van der Waals surface area (Å²) in [6.45, 7) is 7.62. The van der Waals surface area contributed by atoms with E-state index in [1.807, 2.05) is 0 Å². The molecule has 0 amide bonds. The summed E-state index contributed by atoms with van der Waals surface area (Å²) in [6, 6.07) is 0.531. The first-order valence-electron chi connectivity index (χ1n) is 8.01. The second-order valence-electron chi connectivity index (χ2n) is 5.96. The molecule has 0 saturated heterocycles. The van der Waals surface area contributed by atoms with Gasteiger partial charge in [-0.25, -0.2) is 0 Å². The summed E-state index contributed by atoms with van der Waals surface area (Å²) >= 11 is 0. The molecule has 3 atom stereocenters. The largest absolute Gasteiger partial charge is 0.377 e. The minimum absolute atomic E-state index is 0.425. The van der Waals surface area contributed by atoms with E-state index in [-0.39, 0.29) is 0 Å². The fourth-order valence-electron chi connectivity index (χ4n) is 3.25. The first kappa shape index (κ1) is 16.0. The van der Waals surface area contributed by atoms with Gasteiger partial charge in [0.05, 0.1) is 6.10 Å². The number of nitrogens with one attached hydrogen (secondary N) is 1. The Morgan fingerprint density at radius 3 is 2.33 bits per heavy atom. The highest BCUT2D eigenvalue weighted by atomic mass is 16.5. The van der Waals surface area contributed by atoms with Crippen molar-refractivity contribution in [1.29, 1.82) is 0 Å². The molecule has 1 aliphatic carbocycles. The quantitative estimate of drug-likeness (QED) is 0.708. The molecule has 3 unspecified atom stereocenters. The molecule has 1 fully saturated rings. The molecule has 1 aliphatic rings. The highest BCUT2D eigenvalue weighted by molar-refractivity contribution is 4.85. The number of hydrogen-bond acceptors (Lipinski definition) is 2. The second kappa shape index (κ2) is 8.92. The Morgan fingerprint density at radius 1 is 1.17 bits per heavy atom. The molecule has 0 aliphatic heterocycles. The standard InChI is InChI=1S/C16H33NO/c1-5-13(3)12-15(17-4)16(18-6-2)14-10-8-7-9-11-14/h13-17H,5-12H2,1-4H3. The topological polar surface area (TPSA) is 21.3 Å². The molecule has 0 bridgehead atoms. The molecule has 0 aromatic rings. The summed E-state index contributed by atoms with van der Waals surface area (Å²) in [7, 11) is 2.10. The van der Waals surface area contributed by atoms with Crippen molar-refractivity contribution in [1.82, 2.24) is 5.32 Å². The van der Waals surface area contributed by atoms with E-state index in [4.69, 9.17) is 4.74 Å². The highest BCUT2D eigenvalue weighted by Crippen LogP contribution is 2.31. The average Bonchev–Trinajstić information content (AvgIpc) is 2.43. The zero-order valence-corrected chi connectivity index (χ0v) is 12.9. The molecule has 0 spiro atoms. The minimum atomic E-state index is 0.425. The fraction of sp³-hybridized carbons (Fsp3) is 1.00. The molecule has 2 heteroatoms. The zero-order chi connectivity index (χ0) is 13.4. The van der Waals surface area contributed by atoms with Gasteiger partial charge in [-0.2, -0.15) is 0 Å². The smallest absolute Gasteiger partial charge is 0.0755 e. The van der Waals surface area contributed by atoms with E-state index in [2.05, 4.69) is 33.1 Å². The first-order valence-corrected chi connectivity index (χ1v) is 8.01. The van der Waals surface area contributed by atoms with Crippen LogP contribution < -0.4 is 5.32 Å². The number of rotatable bonds is 8. The molecule has 0 aromatic carbocycles. The molecule has 2 nitrogen and oxygen atoms in total. The normalized spacial score (nSPS) is 22.7. The van der Waals surface area contributed by atoms with Gasteiger partial charge in [0.15, 0.2) is 0 Å². The predicted molar refractivity (Wildman–Crippen MR) is 78.9 cm³/mol. The summed E-state index contributed by atoms with van der Waals surface area (Å²) < 4.78 is 6.12. The molecule has 0 radical (unpaired) electrons. The lowest BCUT2D eigenvalue weighted by molar-refractivity contribution is -0.0207. The van der Waals surface area contributed by atoms with Crippen LogP contribution in [0.15, 0.2) is 0 Å². The molecular weight excluding hydrogens is 222 g/mol. The molecule has 108 valence electrons. The molecule has 0 aromatic heterocycles. The molecule has 1 N–H and O–H groups in total. The highest BCUT2D eigenvalue weighted by Gasteiger charge is 2.30. The predicted octanol–water partition coefficient (Wildman–Crippen LogP) is 4.00. The van der Waals surface area contributed by atoms with Gasteiger partial charge in [0.25, 0.3) is 0 Å². The van der Waals surface area contributed by atoms with E-state index < -0.39 is 0 Å². The van der Waals surface area contributed by atoms with E-state index in [1.165, 1.54) is 44.9 Å². The lowest BCUT2D eigenvalue weighted by atomic mass is 9.80. The van der Waals surface area contributed by atoms with Gasteiger partial charge in [-0.3, -0.25) is 0 Å². The van der Waals surface area contributed by atoms with E-state index >= 15 is 0 Å². The third kappa shape index (κ3) is 4.89. The van der Waals surface area contributed by atoms with Crippen molar-refractivity contribution in [2.24, 2.45) is 11.8 Å². The van der Waals surface area contributed by atoms with Crippen LogP contribution in [-0.2, 0) is 4.74 Å². The minimum Gasteiger partial charge on any atom is -0.377 e. The zero-order valence-electron chi connectivity index (χ0n) is 12.9. The molecule has 1 rings (SSSR count). The van der Waals surface area contributed by atoms with Gasteiger partial charge in [-0.1, -0.05) is 39.5 Å². The second-order valence-corrected chi connectivity index (χ2v) is 5.96. The van der Waals surface area contributed by atoms with Gasteiger partial charge in [0.1, 0.15) is 0 Å². The van der Waals surface area contributed by atoms with Crippen molar-refractivity contribution >= 4 is 0 Å². The maximum Gasteiger partial charge on any atom is 0.0755 e. The Hall–Kier alpha value is -0.0800. The van der Waals surface area contributed by atoms with E-state index in [9.17, 15) is 0 Å². The Balaban J connectivity index is 2.60. The van der Waals surface area contributed by atoms with Gasteiger partial charge in [-0.15, -0.1) is 0 Å². The van der Waals surface area contributed by atoms with Crippen molar-refractivity contribution < 1.29 is 4.74 Å². The van der Waals surface area contributed by atoms with Crippen LogP contribution in [-0.4, -0.2) is 25.8 Å². The molecule has 1 saturated carbocycles. The van der Waals surface area contributed by atoms with Gasteiger partial charge >= 0.3 is 0 Å². The van der Waals surface area contributed by atoms with Crippen LogP contribution in [0.5, 0.6) is 0 Å². The summed E-state index contributed by atoms with van der Waals surface area (Å²) in [5.74, 6) is 1.56. The van der Waals surface area contributed by atoms with Crippen LogP contribution in [0.4, 0.5) is 0 Å². The lowest BCUT2D eigenvalue weighted by Crippen LogP contribution is -2.45. The summed E-state index contributed by atoms with van der Waals surface area (Å²) in [4.78, 5) is 0. The van der Waals surface area contributed by atoms with Gasteiger partial charge in [0, 0.05) is 12.6 Å². The molecular formula is C16H33NO. The van der Waals surface area contributed by atoms with Crippen LogP contribution in [0.25, 0.3) is 0 Å². The SMILES string of the molecule is CCOC(C1CCCCC1)C(CC(C)CC)NC. The van der Waals surface area contributed by atoms with Crippen molar-refractivity contribution in [3.63, 3.8) is 0 Å². The van der Waals surface area contributed by atoms with Crippen molar-refractivity contribution in [2.75, 3.05) is 13.7 Å². The monoisotopic (exact) mass is 255 g/mol. The number of likely N-dealkylation sites (N-methyl/N-ethyl adjacent to an activating group) is 1. The van der Waals surface area contributed by atoms with Crippen LogP contribution in [0.1, 0.15) is 65.7 Å². The Kier molecular flexibility index (Phi) is 7.92. The van der Waals surface area contributed by atoms with Gasteiger partial charge < -0.3 is 10.1 Å².